The molecule has 1 nitrogen and oxygen atoms in total. The zero-order valence-corrected chi connectivity index (χ0v) is 7.86. The van der Waals surface area contributed by atoms with Crippen molar-refractivity contribution in [2.45, 2.75) is 19.8 Å². The largest absolute Gasteiger partial charge is 0.299 e. The van der Waals surface area contributed by atoms with E-state index in [2.05, 4.69) is 6.92 Å². The standard InChI is InChI=1S/C12H14O/c1-2-12-9-4-3-5(13)7(11(9)12)8-6(4)10(8)12/h4,6-11H,2-3H2,1H3. The van der Waals surface area contributed by atoms with Crippen molar-refractivity contribution in [3.05, 3.63) is 0 Å². The van der Waals surface area contributed by atoms with Gasteiger partial charge in [-0.3, -0.25) is 4.79 Å². The van der Waals surface area contributed by atoms with Crippen molar-refractivity contribution in [2.75, 3.05) is 0 Å². The molecule has 0 N–H and O–H groups in total. The minimum atomic E-state index is 0.574. The molecule has 2 bridgehead atoms. The van der Waals surface area contributed by atoms with E-state index in [0.717, 1.165) is 47.3 Å². The molecular weight excluding hydrogens is 160 g/mol. The van der Waals surface area contributed by atoms with Gasteiger partial charge in [-0.1, -0.05) is 6.92 Å². The van der Waals surface area contributed by atoms with Gasteiger partial charge in [0, 0.05) is 12.3 Å². The summed E-state index contributed by atoms with van der Waals surface area (Å²) in [5.41, 5.74) is 0.733. The summed E-state index contributed by atoms with van der Waals surface area (Å²) in [6.07, 6.45) is 2.35. The highest BCUT2D eigenvalue weighted by atomic mass is 16.1. The molecular formula is C12H14O. The summed E-state index contributed by atoms with van der Waals surface area (Å²) in [7, 11) is 0. The molecule has 6 rings (SSSR count). The Morgan fingerprint density at radius 3 is 2.69 bits per heavy atom. The molecule has 0 aromatic carbocycles. The van der Waals surface area contributed by atoms with E-state index in [-0.39, 0.29) is 0 Å². The number of fused-ring (bicyclic) bond motifs is 1. The van der Waals surface area contributed by atoms with Crippen molar-refractivity contribution >= 4 is 5.78 Å². The van der Waals surface area contributed by atoms with E-state index in [4.69, 9.17) is 0 Å². The predicted octanol–water partition coefficient (Wildman–Crippen LogP) is 1.72. The number of carbonyl (C=O) groups excluding carboxylic acids is 1. The fourth-order valence-corrected chi connectivity index (χ4v) is 6.51. The van der Waals surface area contributed by atoms with Crippen LogP contribution in [0.4, 0.5) is 0 Å². The first-order valence-corrected chi connectivity index (χ1v) is 5.85. The van der Waals surface area contributed by atoms with E-state index in [1.807, 2.05) is 0 Å². The minimum absolute atomic E-state index is 0.574. The van der Waals surface area contributed by atoms with E-state index >= 15 is 0 Å². The average molecular weight is 174 g/mol. The van der Waals surface area contributed by atoms with Crippen LogP contribution >= 0.6 is 0 Å². The third-order valence-electron chi connectivity index (χ3n) is 6.45. The van der Waals surface area contributed by atoms with Crippen LogP contribution in [0.2, 0.25) is 0 Å². The second kappa shape index (κ2) is 1.32. The molecule has 6 aliphatic rings. The SMILES string of the molecule is CCC12C3C4C5CC(=O)C(C43)C1C52. The number of carbonyl (C=O) groups is 1. The number of hydrogen-bond acceptors (Lipinski definition) is 1. The summed E-state index contributed by atoms with van der Waals surface area (Å²) >= 11 is 0. The summed E-state index contributed by atoms with van der Waals surface area (Å²) in [4.78, 5) is 11.8. The highest BCUT2D eigenvalue weighted by Crippen LogP contribution is 2.97. The smallest absolute Gasteiger partial charge is 0.136 e. The molecule has 6 fully saturated rings. The molecule has 0 amide bonds. The predicted molar refractivity (Wildman–Crippen MR) is 46.8 cm³/mol. The molecule has 1 heteroatoms. The molecule has 0 aliphatic heterocycles. The molecule has 6 aliphatic carbocycles. The van der Waals surface area contributed by atoms with Crippen LogP contribution in [0.25, 0.3) is 0 Å². The van der Waals surface area contributed by atoms with Gasteiger partial charge in [0.15, 0.2) is 0 Å². The Morgan fingerprint density at radius 2 is 2.15 bits per heavy atom. The summed E-state index contributed by atoms with van der Waals surface area (Å²) < 4.78 is 0. The second-order valence-electron chi connectivity index (χ2n) is 6.06. The minimum Gasteiger partial charge on any atom is -0.299 e. The number of hydrogen-bond donors (Lipinski definition) is 0. The molecule has 8 atom stereocenters. The van der Waals surface area contributed by atoms with Crippen LogP contribution in [0.1, 0.15) is 19.8 Å². The summed E-state index contributed by atoms with van der Waals surface area (Å²) in [6, 6.07) is 0. The number of Topliss-reactive ketones (excluding diaryl/α,β-unsaturated/α-hetero) is 1. The van der Waals surface area contributed by atoms with Crippen LogP contribution in [0.15, 0.2) is 0 Å². The van der Waals surface area contributed by atoms with Gasteiger partial charge in [0.2, 0.25) is 0 Å². The van der Waals surface area contributed by atoms with E-state index in [1.165, 1.54) is 6.42 Å². The summed E-state index contributed by atoms with van der Waals surface area (Å²) in [6.45, 7) is 2.36. The first kappa shape index (κ1) is 6.21. The Kier molecular flexibility index (Phi) is 0.633. The van der Waals surface area contributed by atoms with Crippen molar-refractivity contribution in [3.63, 3.8) is 0 Å². The highest BCUT2D eigenvalue weighted by molar-refractivity contribution is 5.88. The first-order chi connectivity index (χ1) is 6.32. The van der Waals surface area contributed by atoms with Gasteiger partial charge in [0.1, 0.15) is 5.78 Å². The first-order valence-electron chi connectivity index (χ1n) is 5.85. The quantitative estimate of drug-likeness (QED) is 0.591. The van der Waals surface area contributed by atoms with Crippen molar-refractivity contribution in [1.82, 2.24) is 0 Å². The van der Waals surface area contributed by atoms with Gasteiger partial charge >= 0.3 is 0 Å². The van der Waals surface area contributed by atoms with Crippen molar-refractivity contribution in [1.29, 1.82) is 0 Å². The van der Waals surface area contributed by atoms with E-state index in [0.29, 0.717) is 11.7 Å². The Hall–Kier alpha value is -0.330. The fourth-order valence-electron chi connectivity index (χ4n) is 6.51. The van der Waals surface area contributed by atoms with Crippen LogP contribution < -0.4 is 0 Å². The Balaban J connectivity index is 1.80. The summed E-state index contributed by atoms with van der Waals surface area (Å²) in [5.74, 6) is 7.00. The zero-order chi connectivity index (χ0) is 8.53. The maximum absolute atomic E-state index is 11.8. The van der Waals surface area contributed by atoms with E-state index in [9.17, 15) is 4.79 Å². The van der Waals surface area contributed by atoms with E-state index < -0.39 is 0 Å². The average Bonchev–Trinajstić information content (AvgIpc) is 2.94. The van der Waals surface area contributed by atoms with Gasteiger partial charge in [-0.2, -0.15) is 0 Å². The normalized spacial score (nSPS) is 78.8. The van der Waals surface area contributed by atoms with Crippen LogP contribution in [-0.4, -0.2) is 5.78 Å². The molecule has 6 saturated carbocycles. The molecule has 0 aromatic heterocycles. The maximum Gasteiger partial charge on any atom is 0.136 e. The zero-order valence-electron chi connectivity index (χ0n) is 7.86. The van der Waals surface area contributed by atoms with Gasteiger partial charge < -0.3 is 0 Å². The van der Waals surface area contributed by atoms with Crippen molar-refractivity contribution in [3.8, 4) is 0 Å². The molecule has 0 heterocycles. The Bertz CT molecular complexity index is 356. The van der Waals surface area contributed by atoms with Crippen LogP contribution in [0.5, 0.6) is 0 Å². The third-order valence-corrected chi connectivity index (χ3v) is 6.45. The molecule has 13 heavy (non-hydrogen) atoms. The van der Waals surface area contributed by atoms with Gasteiger partial charge in [-0.15, -0.1) is 0 Å². The van der Waals surface area contributed by atoms with Gasteiger partial charge in [-0.05, 0) is 47.3 Å². The Labute approximate surface area is 77.9 Å². The highest BCUT2D eigenvalue weighted by Gasteiger charge is 2.95. The lowest BCUT2D eigenvalue weighted by Crippen LogP contribution is -2.35. The van der Waals surface area contributed by atoms with Crippen LogP contribution in [0.3, 0.4) is 0 Å². The third kappa shape index (κ3) is 0.340. The molecule has 0 saturated heterocycles. The summed E-state index contributed by atoms with van der Waals surface area (Å²) in [5, 5.41) is 0. The van der Waals surface area contributed by atoms with Gasteiger partial charge in [-0.25, -0.2) is 0 Å². The number of ketones is 1. The lowest BCUT2D eigenvalue weighted by molar-refractivity contribution is -0.130. The molecule has 0 radical (unpaired) electrons. The fraction of sp³-hybridized carbons (Fsp3) is 0.917. The molecule has 0 spiro atoms. The number of rotatable bonds is 1. The van der Waals surface area contributed by atoms with Crippen LogP contribution in [-0.2, 0) is 4.79 Å². The lowest BCUT2D eigenvalue weighted by Gasteiger charge is -2.32. The second-order valence-corrected chi connectivity index (χ2v) is 6.06. The Morgan fingerprint density at radius 1 is 1.31 bits per heavy atom. The van der Waals surface area contributed by atoms with Crippen molar-refractivity contribution < 1.29 is 4.79 Å². The van der Waals surface area contributed by atoms with Gasteiger partial charge in [0.25, 0.3) is 0 Å². The molecule has 8 unspecified atom stereocenters. The topological polar surface area (TPSA) is 17.1 Å². The van der Waals surface area contributed by atoms with Crippen molar-refractivity contribution in [2.24, 2.45) is 46.8 Å². The van der Waals surface area contributed by atoms with Gasteiger partial charge in [0.05, 0.1) is 0 Å². The lowest BCUT2D eigenvalue weighted by atomic mass is 9.70. The van der Waals surface area contributed by atoms with E-state index in [1.54, 1.807) is 0 Å². The van der Waals surface area contributed by atoms with Crippen LogP contribution in [0, 0.1) is 46.8 Å². The molecule has 0 aromatic rings. The maximum atomic E-state index is 11.8. The molecule has 68 valence electrons. The monoisotopic (exact) mass is 174 g/mol.